The van der Waals surface area contributed by atoms with Crippen molar-refractivity contribution in [3.05, 3.63) is 68.6 Å². The normalized spacial score (nSPS) is 16.5. The Hall–Kier alpha value is -3.00. The second-order valence-corrected chi connectivity index (χ2v) is 6.61. The molecule has 9 heteroatoms. The molecule has 132 valence electrons. The maximum atomic E-state index is 12.9. The summed E-state index contributed by atoms with van der Waals surface area (Å²) < 4.78 is 1.46. The van der Waals surface area contributed by atoms with Gasteiger partial charge in [-0.3, -0.25) is 14.9 Å². The van der Waals surface area contributed by atoms with Crippen LogP contribution < -0.4 is 0 Å². The van der Waals surface area contributed by atoms with E-state index in [9.17, 15) is 14.9 Å². The highest BCUT2D eigenvalue weighted by atomic mass is 35.5. The van der Waals surface area contributed by atoms with Gasteiger partial charge >= 0.3 is 0 Å². The topological polar surface area (TPSA) is 93.6 Å². The molecule has 1 unspecified atom stereocenters. The van der Waals surface area contributed by atoms with Crippen LogP contribution in [-0.2, 0) is 6.42 Å². The molecule has 8 nitrogen and oxygen atoms in total. The third kappa shape index (κ3) is 2.68. The number of aromatic nitrogens is 3. The zero-order valence-electron chi connectivity index (χ0n) is 13.8. The number of fused-ring (bicyclic) bond motifs is 2. The Balaban J connectivity index is 1.68. The lowest BCUT2D eigenvalue weighted by Gasteiger charge is -2.34. The minimum Gasteiger partial charge on any atom is -0.330 e. The van der Waals surface area contributed by atoms with Crippen LogP contribution in [0, 0.1) is 10.1 Å². The Kier molecular flexibility index (Phi) is 3.84. The molecular weight excluding hydrogens is 358 g/mol. The molecule has 0 N–H and O–H groups in total. The summed E-state index contributed by atoms with van der Waals surface area (Å²) in [4.78, 5) is 29.4. The molecule has 0 bridgehead atoms. The molecule has 1 aromatic carbocycles. The fourth-order valence-electron chi connectivity index (χ4n) is 3.30. The third-order valence-electron chi connectivity index (χ3n) is 4.64. The third-order valence-corrected chi connectivity index (χ3v) is 4.84. The monoisotopic (exact) mass is 371 g/mol. The zero-order chi connectivity index (χ0) is 18.4. The number of rotatable bonds is 2. The standard InChI is InChI=1S/C17H14ClN5O3/c1-10-14-6-13(23(25)26)3-2-11(14)4-5-21(10)17(24)15-7-16-19-8-12(18)9-22(16)20-15/h2-3,6-10H,4-5H2,1H3. The molecular formula is C17H14ClN5O3. The van der Waals surface area contributed by atoms with E-state index < -0.39 is 4.92 Å². The van der Waals surface area contributed by atoms with E-state index >= 15 is 0 Å². The average Bonchev–Trinajstić information content (AvgIpc) is 3.04. The van der Waals surface area contributed by atoms with Crippen LogP contribution in [0.2, 0.25) is 5.02 Å². The van der Waals surface area contributed by atoms with Gasteiger partial charge in [0.2, 0.25) is 0 Å². The predicted octanol–water partition coefficient (Wildman–Crippen LogP) is 3.05. The summed E-state index contributed by atoms with van der Waals surface area (Å²) in [6, 6.07) is 6.13. The van der Waals surface area contributed by atoms with E-state index in [0.717, 1.165) is 11.1 Å². The number of carbonyl (C=O) groups excluding carboxylic acids is 1. The minimum absolute atomic E-state index is 0.0245. The van der Waals surface area contributed by atoms with Gasteiger partial charge in [0.25, 0.3) is 11.6 Å². The second-order valence-electron chi connectivity index (χ2n) is 6.17. The largest absolute Gasteiger partial charge is 0.330 e. The highest BCUT2D eigenvalue weighted by Gasteiger charge is 2.30. The van der Waals surface area contributed by atoms with E-state index in [0.29, 0.717) is 23.6 Å². The van der Waals surface area contributed by atoms with Crippen molar-refractivity contribution in [2.24, 2.45) is 0 Å². The van der Waals surface area contributed by atoms with E-state index in [2.05, 4.69) is 10.1 Å². The number of carbonyl (C=O) groups is 1. The van der Waals surface area contributed by atoms with Crippen LogP contribution in [0.15, 0.2) is 36.7 Å². The molecule has 1 aliphatic rings. The molecule has 2 aromatic heterocycles. The molecule has 1 atom stereocenters. The van der Waals surface area contributed by atoms with Crippen molar-refractivity contribution < 1.29 is 9.72 Å². The van der Waals surface area contributed by atoms with E-state index in [1.165, 1.54) is 16.8 Å². The quantitative estimate of drug-likeness (QED) is 0.509. The van der Waals surface area contributed by atoms with Gasteiger partial charge in [-0.1, -0.05) is 17.7 Å². The number of nitro benzene ring substituents is 1. The zero-order valence-corrected chi connectivity index (χ0v) is 14.6. The van der Waals surface area contributed by atoms with Crippen LogP contribution in [0.5, 0.6) is 0 Å². The lowest BCUT2D eigenvalue weighted by molar-refractivity contribution is -0.385. The average molecular weight is 372 g/mol. The molecule has 1 amide bonds. The first-order valence-electron chi connectivity index (χ1n) is 8.03. The molecule has 1 aliphatic heterocycles. The first-order valence-corrected chi connectivity index (χ1v) is 8.41. The maximum absolute atomic E-state index is 12.9. The fraction of sp³-hybridized carbons (Fsp3) is 0.235. The number of benzene rings is 1. The Morgan fingerprint density at radius 1 is 1.38 bits per heavy atom. The summed E-state index contributed by atoms with van der Waals surface area (Å²) in [5.41, 5.74) is 2.63. The smallest absolute Gasteiger partial charge is 0.274 e. The molecule has 0 saturated carbocycles. The van der Waals surface area contributed by atoms with Crippen molar-refractivity contribution in [2.45, 2.75) is 19.4 Å². The molecule has 4 rings (SSSR count). The molecule has 0 aliphatic carbocycles. The van der Waals surface area contributed by atoms with Crippen LogP contribution in [0.25, 0.3) is 5.65 Å². The van der Waals surface area contributed by atoms with E-state index in [1.54, 1.807) is 29.3 Å². The molecule has 0 radical (unpaired) electrons. The molecule has 0 spiro atoms. The van der Waals surface area contributed by atoms with Gasteiger partial charge in [-0.25, -0.2) is 9.50 Å². The van der Waals surface area contributed by atoms with Gasteiger partial charge in [0.1, 0.15) is 0 Å². The van der Waals surface area contributed by atoms with Crippen LogP contribution in [0.3, 0.4) is 0 Å². The Morgan fingerprint density at radius 3 is 2.96 bits per heavy atom. The molecule has 3 heterocycles. The number of amides is 1. The van der Waals surface area contributed by atoms with Crippen molar-refractivity contribution in [3.63, 3.8) is 0 Å². The Labute approximate surface area is 153 Å². The lowest BCUT2D eigenvalue weighted by atomic mass is 9.93. The van der Waals surface area contributed by atoms with Crippen LogP contribution in [0.4, 0.5) is 5.69 Å². The van der Waals surface area contributed by atoms with E-state index in [1.807, 2.05) is 6.92 Å². The van der Waals surface area contributed by atoms with Crippen molar-refractivity contribution in [3.8, 4) is 0 Å². The molecule has 0 saturated heterocycles. The van der Waals surface area contributed by atoms with E-state index in [-0.39, 0.29) is 23.3 Å². The van der Waals surface area contributed by atoms with Gasteiger partial charge in [0.15, 0.2) is 11.3 Å². The summed E-state index contributed by atoms with van der Waals surface area (Å²) in [5.74, 6) is -0.240. The molecule has 3 aromatic rings. The number of nitrogens with zero attached hydrogens (tertiary/aromatic N) is 5. The fourth-order valence-corrected chi connectivity index (χ4v) is 3.44. The number of hydrogen-bond acceptors (Lipinski definition) is 5. The van der Waals surface area contributed by atoms with Crippen molar-refractivity contribution >= 4 is 28.8 Å². The maximum Gasteiger partial charge on any atom is 0.274 e. The summed E-state index contributed by atoms with van der Waals surface area (Å²) >= 11 is 5.90. The van der Waals surface area contributed by atoms with Gasteiger partial charge < -0.3 is 4.90 Å². The van der Waals surface area contributed by atoms with Gasteiger partial charge in [-0.05, 0) is 24.5 Å². The van der Waals surface area contributed by atoms with Gasteiger partial charge in [0, 0.05) is 30.9 Å². The summed E-state index contributed by atoms with van der Waals surface area (Å²) in [7, 11) is 0. The number of non-ortho nitro benzene ring substituents is 1. The van der Waals surface area contributed by atoms with Crippen LogP contribution in [-0.4, -0.2) is 36.9 Å². The second kappa shape index (κ2) is 6.06. The summed E-state index contributed by atoms with van der Waals surface area (Å²) in [5, 5.41) is 15.7. The van der Waals surface area contributed by atoms with Crippen LogP contribution >= 0.6 is 11.6 Å². The molecule has 0 fully saturated rings. The summed E-state index contributed by atoms with van der Waals surface area (Å²) in [6.07, 6.45) is 3.71. The predicted molar refractivity (Wildman–Crippen MR) is 94.2 cm³/mol. The number of nitro groups is 1. The lowest BCUT2D eigenvalue weighted by Crippen LogP contribution is -2.39. The minimum atomic E-state index is -0.425. The Morgan fingerprint density at radius 2 is 2.19 bits per heavy atom. The highest BCUT2D eigenvalue weighted by Crippen LogP contribution is 2.33. The summed E-state index contributed by atoms with van der Waals surface area (Å²) in [6.45, 7) is 2.39. The van der Waals surface area contributed by atoms with Crippen LogP contribution in [0.1, 0.15) is 34.6 Å². The number of hydrogen-bond donors (Lipinski definition) is 0. The van der Waals surface area contributed by atoms with Crippen molar-refractivity contribution in [1.82, 2.24) is 19.5 Å². The highest BCUT2D eigenvalue weighted by molar-refractivity contribution is 6.30. The first-order chi connectivity index (χ1) is 12.4. The van der Waals surface area contributed by atoms with Gasteiger partial charge in [0.05, 0.1) is 22.2 Å². The van der Waals surface area contributed by atoms with E-state index in [4.69, 9.17) is 11.6 Å². The van der Waals surface area contributed by atoms with Gasteiger partial charge in [-0.2, -0.15) is 5.10 Å². The Bertz CT molecular complexity index is 1050. The van der Waals surface area contributed by atoms with Crippen molar-refractivity contribution in [1.29, 1.82) is 0 Å². The SMILES string of the molecule is CC1c2cc([N+](=O)[O-])ccc2CCN1C(=O)c1cc2ncc(Cl)cn2n1. The number of halogens is 1. The van der Waals surface area contributed by atoms with Crippen molar-refractivity contribution in [2.75, 3.05) is 6.54 Å². The van der Waals surface area contributed by atoms with Gasteiger partial charge in [-0.15, -0.1) is 0 Å². The first kappa shape index (κ1) is 16.5. The molecule has 26 heavy (non-hydrogen) atoms.